The van der Waals surface area contributed by atoms with Crippen LogP contribution in [0.1, 0.15) is 55.6 Å². The first-order chi connectivity index (χ1) is 16.9. The van der Waals surface area contributed by atoms with Gasteiger partial charge in [0.05, 0.1) is 30.7 Å². The molecule has 1 aliphatic heterocycles. The van der Waals surface area contributed by atoms with Gasteiger partial charge in [0.2, 0.25) is 5.91 Å². The second-order valence-electron chi connectivity index (χ2n) is 10.3. The normalized spacial score (nSPS) is 22.9. The second-order valence-corrected chi connectivity index (χ2v) is 10.3. The molecule has 1 saturated heterocycles. The summed E-state index contributed by atoms with van der Waals surface area (Å²) in [6.07, 6.45) is 5.25. The first-order valence-electron chi connectivity index (χ1n) is 12.9. The molecule has 2 heterocycles. The number of ether oxygens (including phenoxy) is 1. The Bertz CT molecular complexity index is 1130. The summed E-state index contributed by atoms with van der Waals surface area (Å²) in [4.78, 5) is 22.1. The average molecular weight is 480 g/mol. The molecule has 8 heteroatoms. The molecule has 2 aliphatic carbocycles. The van der Waals surface area contributed by atoms with Gasteiger partial charge >= 0.3 is 0 Å². The molecule has 35 heavy (non-hydrogen) atoms. The number of nitrogens with zero attached hydrogens (tertiary/aromatic N) is 4. The number of aromatic nitrogens is 2. The van der Waals surface area contributed by atoms with Crippen molar-refractivity contribution < 1.29 is 14.6 Å². The van der Waals surface area contributed by atoms with E-state index >= 15 is 0 Å². The largest absolute Gasteiger partial charge is 0.508 e. The number of aliphatic imine (C=N–C) groups is 1. The number of phenolic OH excluding ortho intramolecular Hbond substituents is 1. The lowest BCUT2D eigenvalue weighted by Gasteiger charge is -2.33. The molecule has 1 aromatic carbocycles. The van der Waals surface area contributed by atoms with E-state index in [1.54, 1.807) is 18.0 Å². The first-order valence-corrected chi connectivity index (χ1v) is 12.9. The molecule has 1 aromatic heterocycles. The molecule has 2 fully saturated rings. The molecule has 2 N–H and O–H groups in total. The third-order valence-corrected chi connectivity index (χ3v) is 7.98. The second kappa shape index (κ2) is 9.74. The van der Waals surface area contributed by atoms with E-state index in [9.17, 15) is 9.90 Å². The van der Waals surface area contributed by atoms with Crippen LogP contribution in [0.5, 0.6) is 5.75 Å². The fourth-order valence-electron chi connectivity index (χ4n) is 5.48. The van der Waals surface area contributed by atoms with Crippen LogP contribution >= 0.6 is 0 Å². The molecule has 3 unspecified atom stereocenters. The number of nitrogens with one attached hydrogen (secondary N) is 1. The SMILES string of the molecule is CCC/C(=N\c1cc(N(C)C(=O)C(C)N2CCOCC2)cc(O)c1C)c1n[nH]c2c1CC1CC1C2. The quantitative estimate of drug-likeness (QED) is 0.590. The van der Waals surface area contributed by atoms with Crippen LogP contribution in [0.15, 0.2) is 17.1 Å². The molecule has 1 saturated carbocycles. The molecule has 0 bridgehead atoms. The Labute approximate surface area is 207 Å². The van der Waals surface area contributed by atoms with Crippen molar-refractivity contribution in [2.24, 2.45) is 16.8 Å². The number of morpholine rings is 1. The molecule has 1 amide bonds. The molecule has 3 aliphatic rings. The Morgan fingerprint density at radius 3 is 2.80 bits per heavy atom. The van der Waals surface area contributed by atoms with Crippen LogP contribution in [0, 0.1) is 18.8 Å². The zero-order valence-electron chi connectivity index (χ0n) is 21.3. The van der Waals surface area contributed by atoms with E-state index in [0.717, 1.165) is 62.0 Å². The fraction of sp³-hybridized carbons (Fsp3) is 0.593. The van der Waals surface area contributed by atoms with E-state index in [-0.39, 0.29) is 17.7 Å². The number of anilines is 1. The van der Waals surface area contributed by atoms with Gasteiger partial charge in [-0.25, -0.2) is 0 Å². The van der Waals surface area contributed by atoms with Crippen LogP contribution < -0.4 is 4.90 Å². The van der Waals surface area contributed by atoms with Crippen molar-refractivity contribution in [1.82, 2.24) is 15.1 Å². The van der Waals surface area contributed by atoms with Crippen molar-refractivity contribution in [3.8, 4) is 5.75 Å². The highest BCUT2D eigenvalue weighted by Gasteiger charge is 2.43. The number of benzene rings is 1. The van der Waals surface area contributed by atoms with E-state index in [1.165, 1.54) is 17.7 Å². The number of carbonyl (C=O) groups is 1. The van der Waals surface area contributed by atoms with Crippen molar-refractivity contribution in [3.05, 3.63) is 34.6 Å². The van der Waals surface area contributed by atoms with Crippen LogP contribution in [0.3, 0.4) is 0 Å². The number of carbonyl (C=O) groups excluding carboxylic acids is 1. The van der Waals surface area contributed by atoms with Gasteiger partial charge < -0.3 is 14.7 Å². The van der Waals surface area contributed by atoms with Crippen molar-refractivity contribution in [3.63, 3.8) is 0 Å². The zero-order valence-corrected chi connectivity index (χ0v) is 21.3. The van der Waals surface area contributed by atoms with Crippen molar-refractivity contribution >= 4 is 23.0 Å². The zero-order chi connectivity index (χ0) is 24.7. The Hall–Kier alpha value is -2.71. The predicted octanol–water partition coefficient (Wildman–Crippen LogP) is 3.76. The van der Waals surface area contributed by atoms with Gasteiger partial charge in [-0.15, -0.1) is 0 Å². The summed E-state index contributed by atoms with van der Waals surface area (Å²) in [5, 5.41) is 18.7. The number of aromatic amines is 1. The van der Waals surface area contributed by atoms with E-state index < -0.39 is 0 Å². The number of hydrogen-bond donors (Lipinski definition) is 2. The van der Waals surface area contributed by atoms with Crippen molar-refractivity contribution in [1.29, 1.82) is 0 Å². The molecule has 0 radical (unpaired) electrons. The number of H-pyrrole nitrogens is 1. The van der Waals surface area contributed by atoms with Gasteiger partial charge in [-0.05, 0) is 57.4 Å². The average Bonchev–Trinajstić information content (AvgIpc) is 3.52. The highest BCUT2D eigenvalue weighted by atomic mass is 16.5. The van der Waals surface area contributed by atoms with Crippen LogP contribution in [0.4, 0.5) is 11.4 Å². The monoisotopic (exact) mass is 479 g/mol. The lowest BCUT2D eigenvalue weighted by atomic mass is 9.93. The highest BCUT2D eigenvalue weighted by Crippen LogP contribution is 2.48. The van der Waals surface area contributed by atoms with Gasteiger partial charge in [0.15, 0.2) is 0 Å². The van der Waals surface area contributed by atoms with E-state index in [4.69, 9.17) is 9.73 Å². The minimum atomic E-state index is -0.267. The van der Waals surface area contributed by atoms with Gasteiger partial charge in [0, 0.05) is 48.7 Å². The topological polar surface area (TPSA) is 94.1 Å². The smallest absolute Gasteiger partial charge is 0.243 e. The summed E-state index contributed by atoms with van der Waals surface area (Å²) < 4.78 is 5.43. The third kappa shape index (κ3) is 4.74. The third-order valence-electron chi connectivity index (χ3n) is 7.98. The summed E-state index contributed by atoms with van der Waals surface area (Å²) >= 11 is 0. The number of hydrogen-bond acceptors (Lipinski definition) is 6. The molecule has 8 nitrogen and oxygen atoms in total. The maximum atomic E-state index is 13.3. The Morgan fingerprint density at radius 1 is 1.31 bits per heavy atom. The minimum absolute atomic E-state index is 0.0146. The Balaban J connectivity index is 1.45. The van der Waals surface area contributed by atoms with Gasteiger partial charge in [0.1, 0.15) is 11.4 Å². The summed E-state index contributed by atoms with van der Waals surface area (Å²) in [6.45, 7) is 8.72. The number of amides is 1. The Kier molecular flexibility index (Phi) is 6.68. The molecule has 188 valence electrons. The van der Waals surface area contributed by atoms with E-state index in [1.807, 2.05) is 19.9 Å². The fourth-order valence-corrected chi connectivity index (χ4v) is 5.48. The number of rotatable bonds is 7. The van der Waals surface area contributed by atoms with Gasteiger partial charge in [-0.2, -0.15) is 5.10 Å². The minimum Gasteiger partial charge on any atom is -0.508 e. The van der Waals surface area contributed by atoms with Crippen molar-refractivity contribution in [2.75, 3.05) is 38.3 Å². The predicted molar refractivity (Wildman–Crippen MR) is 137 cm³/mol. The van der Waals surface area contributed by atoms with Gasteiger partial charge in [0.25, 0.3) is 0 Å². The van der Waals surface area contributed by atoms with Crippen molar-refractivity contribution in [2.45, 2.75) is 58.9 Å². The highest BCUT2D eigenvalue weighted by molar-refractivity contribution is 6.02. The summed E-state index contributed by atoms with van der Waals surface area (Å²) in [5.74, 6) is 1.75. The molecular formula is C27H37N5O3. The maximum absolute atomic E-state index is 13.3. The molecule has 5 rings (SSSR count). The van der Waals surface area contributed by atoms with E-state index in [0.29, 0.717) is 30.2 Å². The lowest BCUT2D eigenvalue weighted by molar-refractivity contribution is -0.124. The molecule has 2 aromatic rings. The number of likely N-dealkylation sites (N-methyl/N-ethyl adjacent to an activating group) is 1. The van der Waals surface area contributed by atoms with Crippen LogP contribution in [-0.4, -0.2) is 71.2 Å². The van der Waals surface area contributed by atoms with Crippen LogP contribution in [0.2, 0.25) is 0 Å². The first kappa shape index (κ1) is 24.0. The van der Waals surface area contributed by atoms with Gasteiger partial charge in [-0.1, -0.05) is 13.3 Å². The number of fused-ring (bicyclic) bond motifs is 2. The summed E-state index contributed by atoms with van der Waals surface area (Å²) in [5.41, 5.74) is 6.52. The molecule has 0 spiro atoms. The summed E-state index contributed by atoms with van der Waals surface area (Å²) in [7, 11) is 1.76. The summed E-state index contributed by atoms with van der Waals surface area (Å²) in [6, 6.07) is 3.29. The Morgan fingerprint density at radius 2 is 2.06 bits per heavy atom. The number of phenols is 1. The van der Waals surface area contributed by atoms with Crippen LogP contribution in [-0.2, 0) is 22.4 Å². The molecular weight excluding hydrogens is 442 g/mol. The maximum Gasteiger partial charge on any atom is 0.243 e. The van der Waals surface area contributed by atoms with Gasteiger partial charge in [-0.3, -0.25) is 19.8 Å². The lowest BCUT2D eigenvalue weighted by Crippen LogP contribution is -2.50. The van der Waals surface area contributed by atoms with E-state index in [2.05, 4.69) is 22.0 Å². The van der Waals surface area contributed by atoms with Crippen LogP contribution in [0.25, 0.3) is 0 Å². The molecule has 3 atom stereocenters. The number of aromatic hydroxyl groups is 1. The standard InChI is InChI=1S/C27H37N5O3/c1-5-6-22(26-21-12-18-11-19(18)13-24(21)29-30-26)28-23-14-20(15-25(33)16(23)2)31(4)27(34)17(3)32-7-9-35-10-8-32/h14-15,17-19,33H,5-13H2,1-4H3,(H,29,30)/b28-22+.